The van der Waals surface area contributed by atoms with E-state index >= 15 is 0 Å². The Morgan fingerprint density at radius 2 is 2.20 bits per heavy atom. The number of carbonyl (C=O) groups excluding carboxylic acids is 1. The highest BCUT2D eigenvalue weighted by Gasteiger charge is 2.32. The standard InChI is InChI=1S/C19H20N4OS/c1-12-15-10-13(11-20-18(15)22-21-12)19(24)23-9-5-7-16(23)14-6-3-4-8-17(14)25-2/h3-4,6,8,10-11,16H,5,7,9H2,1-2H3,(H,20,21,22)/t16-/m0/s1. The fourth-order valence-electron chi connectivity index (χ4n) is 3.58. The Labute approximate surface area is 150 Å². The molecule has 0 radical (unpaired) electrons. The summed E-state index contributed by atoms with van der Waals surface area (Å²) < 4.78 is 0. The van der Waals surface area contributed by atoms with Gasteiger partial charge in [0, 0.05) is 28.7 Å². The fraction of sp³-hybridized carbons (Fsp3) is 0.316. The number of hydrogen-bond acceptors (Lipinski definition) is 4. The van der Waals surface area contributed by atoms with Gasteiger partial charge in [-0.3, -0.25) is 9.89 Å². The third kappa shape index (κ3) is 2.80. The van der Waals surface area contributed by atoms with Gasteiger partial charge in [-0.25, -0.2) is 4.98 Å². The number of benzene rings is 1. The monoisotopic (exact) mass is 352 g/mol. The number of likely N-dealkylation sites (tertiary alicyclic amines) is 1. The number of nitrogens with zero attached hydrogens (tertiary/aromatic N) is 3. The van der Waals surface area contributed by atoms with E-state index in [9.17, 15) is 4.79 Å². The topological polar surface area (TPSA) is 61.9 Å². The molecule has 25 heavy (non-hydrogen) atoms. The van der Waals surface area contributed by atoms with Gasteiger partial charge in [0.05, 0.1) is 11.6 Å². The first-order valence-electron chi connectivity index (χ1n) is 8.43. The summed E-state index contributed by atoms with van der Waals surface area (Å²) in [5, 5.41) is 7.97. The molecule has 1 atom stereocenters. The Balaban J connectivity index is 1.69. The third-order valence-corrected chi connectivity index (χ3v) is 5.67. The van der Waals surface area contributed by atoms with Crippen LogP contribution in [0.4, 0.5) is 0 Å². The molecule has 4 rings (SSSR count). The van der Waals surface area contributed by atoms with Crippen molar-refractivity contribution in [1.29, 1.82) is 0 Å². The van der Waals surface area contributed by atoms with Crippen molar-refractivity contribution in [3.63, 3.8) is 0 Å². The van der Waals surface area contributed by atoms with E-state index in [2.05, 4.69) is 45.7 Å². The van der Waals surface area contributed by atoms with Gasteiger partial charge in [0.1, 0.15) is 0 Å². The highest BCUT2D eigenvalue weighted by atomic mass is 32.2. The number of carbonyl (C=O) groups is 1. The summed E-state index contributed by atoms with van der Waals surface area (Å²) in [6.07, 6.45) is 5.75. The first-order valence-corrected chi connectivity index (χ1v) is 9.66. The molecule has 0 aliphatic carbocycles. The number of fused-ring (bicyclic) bond motifs is 1. The van der Waals surface area contributed by atoms with Gasteiger partial charge >= 0.3 is 0 Å². The molecule has 2 aromatic heterocycles. The van der Waals surface area contributed by atoms with Crippen molar-refractivity contribution in [2.24, 2.45) is 0 Å². The molecule has 1 aromatic carbocycles. The van der Waals surface area contributed by atoms with Crippen LogP contribution in [0, 0.1) is 6.92 Å². The molecule has 1 aliphatic heterocycles. The van der Waals surface area contributed by atoms with Crippen molar-refractivity contribution < 1.29 is 4.79 Å². The lowest BCUT2D eigenvalue weighted by Gasteiger charge is -2.26. The molecule has 1 aliphatic rings. The lowest BCUT2D eigenvalue weighted by Crippen LogP contribution is -2.30. The number of aromatic nitrogens is 3. The fourth-order valence-corrected chi connectivity index (χ4v) is 4.23. The van der Waals surface area contributed by atoms with Crippen molar-refractivity contribution in [2.45, 2.75) is 30.7 Å². The number of nitrogens with one attached hydrogen (secondary N) is 1. The van der Waals surface area contributed by atoms with Crippen LogP contribution in [0.2, 0.25) is 0 Å². The summed E-state index contributed by atoms with van der Waals surface area (Å²) in [4.78, 5) is 20.7. The molecular weight excluding hydrogens is 332 g/mol. The minimum atomic E-state index is 0.0495. The quantitative estimate of drug-likeness (QED) is 0.725. The van der Waals surface area contributed by atoms with E-state index < -0.39 is 0 Å². The Morgan fingerprint density at radius 1 is 1.36 bits per heavy atom. The SMILES string of the molecule is CSc1ccccc1[C@@H]1CCCN1C(=O)c1cnc2n[nH]c(C)c2c1. The maximum atomic E-state index is 13.2. The maximum absolute atomic E-state index is 13.2. The number of thioether (sulfide) groups is 1. The lowest BCUT2D eigenvalue weighted by atomic mass is 10.0. The van der Waals surface area contributed by atoms with Crippen LogP contribution in [0.1, 0.15) is 40.5 Å². The summed E-state index contributed by atoms with van der Waals surface area (Å²) in [7, 11) is 0. The van der Waals surface area contributed by atoms with Gasteiger partial charge in [-0.1, -0.05) is 18.2 Å². The minimum Gasteiger partial charge on any atom is -0.332 e. The van der Waals surface area contributed by atoms with E-state index in [4.69, 9.17) is 0 Å². The molecule has 0 spiro atoms. The van der Waals surface area contributed by atoms with E-state index in [1.165, 1.54) is 10.5 Å². The van der Waals surface area contributed by atoms with Crippen molar-refractivity contribution in [3.05, 3.63) is 53.3 Å². The van der Waals surface area contributed by atoms with E-state index in [-0.39, 0.29) is 11.9 Å². The van der Waals surface area contributed by atoms with Gasteiger partial charge in [-0.05, 0) is 43.7 Å². The zero-order valence-corrected chi connectivity index (χ0v) is 15.1. The third-order valence-electron chi connectivity index (χ3n) is 4.86. The predicted molar refractivity (Wildman–Crippen MR) is 99.9 cm³/mol. The average Bonchev–Trinajstić information content (AvgIpc) is 3.28. The van der Waals surface area contributed by atoms with E-state index in [1.54, 1.807) is 18.0 Å². The highest BCUT2D eigenvalue weighted by Crippen LogP contribution is 2.37. The number of rotatable bonds is 3. The van der Waals surface area contributed by atoms with Gasteiger partial charge in [0.2, 0.25) is 0 Å². The van der Waals surface area contributed by atoms with Gasteiger partial charge < -0.3 is 4.90 Å². The number of amides is 1. The van der Waals surface area contributed by atoms with Gasteiger partial charge in [-0.15, -0.1) is 11.8 Å². The van der Waals surface area contributed by atoms with Crippen LogP contribution < -0.4 is 0 Å². The van der Waals surface area contributed by atoms with Crippen LogP contribution >= 0.6 is 11.8 Å². The molecule has 3 aromatic rings. The molecule has 5 nitrogen and oxygen atoms in total. The molecule has 0 unspecified atom stereocenters. The smallest absolute Gasteiger partial charge is 0.255 e. The Morgan fingerprint density at radius 3 is 3.04 bits per heavy atom. The Bertz CT molecular complexity index is 936. The number of aromatic amines is 1. The molecule has 1 fully saturated rings. The van der Waals surface area contributed by atoms with Crippen LogP contribution in [0.5, 0.6) is 0 Å². The molecule has 1 amide bonds. The largest absolute Gasteiger partial charge is 0.332 e. The summed E-state index contributed by atoms with van der Waals surface area (Å²) in [5.74, 6) is 0.0495. The molecule has 128 valence electrons. The first-order chi connectivity index (χ1) is 12.2. The summed E-state index contributed by atoms with van der Waals surface area (Å²) in [5.41, 5.74) is 3.46. The Hall–Kier alpha value is -2.34. The van der Waals surface area contributed by atoms with E-state index in [1.807, 2.05) is 17.9 Å². The molecule has 6 heteroatoms. The van der Waals surface area contributed by atoms with Crippen LogP contribution in [-0.2, 0) is 0 Å². The molecule has 0 bridgehead atoms. The zero-order chi connectivity index (χ0) is 17.4. The van der Waals surface area contributed by atoms with Crippen molar-refractivity contribution in [2.75, 3.05) is 12.8 Å². The first kappa shape index (κ1) is 16.1. The Kier molecular flexibility index (Phi) is 4.21. The van der Waals surface area contributed by atoms with Crippen LogP contribution in [-0.4, -0.2) is 38.8 Å². The average molecular weight is 352 g/mol. The number of aryl methyl sites for hydroxylation is 1. The van der Waals surface area contributed by atoms with Gasteiger partial charge in [0.15, 0.2) is 5.65 Å². The van der Waals surface area contributed by atoms with Crippen molar-refractivity contribution in [3.8, 4) is 0 Å². The summed E-state index contributed by atoms with van der Waals surface area (Å²) in [6.45, 7) is 2.73. The van der Waals surface area contributed by atoms with Crippen molar-refractivity contribution >= 4 is 28.7 Å². The second-order valence-corrected chi connectivity index (χ2v) is 7.19. The predicted octanol–water partition coefficient (Wildman–Crippen LogP) is 3.97. The number of pyridine rings is 1. The highest BCUT2D eigenvalue weighted by molar-refractivity contribution is 7.98. The van der Waals surface area contributed by atoms with Crippen LogP contribution in [0.3, 0.4) is 0 Å². The van der Waals surface area contributed by atoms with E-state index in [0.717, 1.165) is 30.5 Å². The number of H-pyrrole nitrogens is 1. The lowest BCUT2D eigenvalue weighted by molar-refractivity contribution is 0.0734. The maximum Gasteiger partial charge on any atom is 0.255 e. The second-order valence-electron chi connectivity index (χ2n) is 6.34. The molecule has 0 saturated carbocycles. The summed E-state index contributed by atoms with van der Waals surface area (Å²) >= 11 is 1.73. The normalized spacial score (nSPS) is 17.4. The number of hydrogen-bond donors (Lipinski definition) is 1. The van der Waals surface area contributed by atoms with Gasteiger partial charge in [-0.2, -0.15) is 5.10 Å². The van der Waals surface area contributed by atoms with Crippen LogP contribution in [0.15, 0.2) is 41.4 Å². The molecule has 1 saturated heterocycles. The van der Waals surface area contributed by atoms with Gasteiger partial charge in [0.25, 0.3) is 5.91 Å². The molecule has 1 N–H and O–H groups in total. The van der Waals surface area contributed by atoms with Crippen LogP contribution in [0.25, 0.3) is 11.0 Å². The minimum absolute atomic E-state index is 0.0495. The van der Waals surface area contributed by atoms with E-state index in [0.29, 0.717) is 11.2 Å². The second kappa shape index (κ2) is 6.52. The zero-order valence-electron chi connectivity index (χ0n) is 14.3. The van der Waals surface area contributed by atoms with Crippen molar-refractivity contribution in [1.82, 2.24) is 20.1 Å². The molecular formula is C19H20N4OS. The molecule has 3 heterocycles. The summed E-state index contributed by atoms with van der Waals surface area (Å²) in [6, 6.07) is 10.4.